The summed E-state index contributed by atoms with van der Waals surface area (Å²) in [4.78, 5) is 12.0. The van der Waals surface area contributed by atoms with E-state index in [1.165, 1.54) is 5.48 Å². The van der Waals surface area contributed by atoms with Crippen molar-refractivity contribution >= 4 is 15.9 Å². The number of nitrogens with zero attached hydrogens (tertiary/aromatic N) is 1. The van der Waals surface area contributed by atoms with Gasteiger partial charge < -0.3 is 10.7 Å². The van der Waals surface area contributed by atoms with Crippen molar-refractivity contribution in [1.82, 2.24) is 9.79 Å². The fourth-order valence-electron chi connectivity index (χ4n) is 4.33. The van der Waals surface area contributed by atoms with Gasteiger partial charge in [-0.15, -0.1) is 0 Å². The van der Waals surface area contributed by atoms with Crippen molar-refractivity contribution in [3.8, 4) is 0 Å². The van der Waals surface area contributed by atoms with Crippen LogP contribution in [0.4, 0.5) is 0 Å². The van der Waals surface area contributed by atoms with Gasteiger partial charge in [-0.25, -0.2) is 8.42 Å². The number of hydroxylamine groups is 1. The normalized spacial score (nSPS) is 18.8. The number of hydrogen-bond donors (Lipinski definition) is 1. The average molecular weight is 467 g/mol. The molecule has 168 valence electrons. The first kappa shape index (κ1) is 27.0. The molecule has 1 N–H and O–H groups in total. The number of carbonyl (C=O) groups is 1. The van der Waals surface area contributed by atoms with Crippen molar-refractivity contribution in [1.29, 1.82) is 0 Å². The third-order valence-corrected chi connectivity index (χ3v) is 8.30. The fraction of sp³-hybridized carbons (Fsp3) is 0.458. The molecular formula is C24H31N2NaO4S. The van der Waals surface area contributed by atoms with E-state index in [9.17, 15) is 18.4 Å². The number of amides is 1. The van der Waals surface area contributed by atoms with Crippen LogP contribution in [0, 0.1) is 37.8 Å². The minimum absolute atomic E-state index is 0. The SMILES string of the molecule is Cc1ccc(C)c(S(=O)(=O)N(Cc2ccccc2C)CC2CCC(C(=O)N[O-])CC2)c1.[Na+]. The van der Waals surface area contributed by atoms with E-state index < -0.39 is 15.9 Å². The van der Waals surface area contributed by atoms with Crippen LogP contribution in [0.25, 0.3) is 0 Å². The Bertz CT molecular complexity index is 1030. The number of sulfonamides is 1. The Morgan fingerprint density at radius 1 is 1.03 bits per heavy atom. The van der Waals surface area contributed by atoms with E-state index in [-0.39, 0.29) is 41.4 Å². The summed E-state index contributed by atoms with van der Waals surface area (Å²) in [5.41, 5.74) is 5.17. The van der Waals surface area contributed by atoms with Crippen LogP contribution >= 0.6 is 0 Å². The van der Waals surface area contributed by atoms with Gasteiger partial charge in [-0.2, -0.15) is 4.31 Å². The number of nitrogens with one attached hydrogen (secondary N) is 1. The molecule has 1 aliphatic carbocycles. The van der Waals surface area contributed by atoms with Gasteiger partial charge in [0.05, 0.1) is 4.90 Å². The molecule has 6 nitrogen and oxygen atoms in total. The molecule has 0 heterocycles. The van der Waals surface area contributed by atoms with Gasteiger partial charge >= 0.3 is 29.6 Å². The summed E-state index contributed by atoms with van der Waals surface area (Å²) in [6, 6.07) is 13.3. The third-order valence-electron chi connectivity index (χ3n) is 6.35. The van der Waals surface area contributed by atoms with E-state index >= 15 is 0 Å². The standard InChI is InChI=1S/C24H31N2O4S.Na/c1-17-8-9-19(3)23(14-17)31(29,30)26(16-22-7-5-4-6-18(22)2)15-20-10-12-21(13-11-20)24(27)25-28;/h4-9,14,20-21H,10-13,15-16H2,1-3H3,(H-,25,27,28);/q-1;+1. The van der Waals surface area contributed by atoms with Gasteiger partial charge in [0.15, 0.2) is 0 Å². The molecule has 0 atom stereocenters. The Kier molecular flexibility index (Phi) is 9.94. The summed E-state index contributed by atoms with van der Waals surface area (Å²) in [6.45, 7) is 6.42. The third kappa shape index (κ3) is 6.43. The molecule has 3 rings (SSSR count). The van der Waals surface area contributed by atoms with Crippen LogP contribution in [-0.2, 0) is 21.4 Å². The molecular weight excluding hydrogens is 435 g/mol. The molecule has 2 aromatic carbocycles. The molecule has 1 saturated carbocycles. The van der Waals surface area contributed by atoms with Crippen molar-refractivity contribution in [2.45, 2.75) is 57.9 Å². The van der Waals surface area contributed by atoms with Crippen LogP contribution in [0.1, 0.15) is 47.9 Å². The molecule has 2 aromatic rings. The second-order valence-electron chi connectivity index (χ2n) is 8.68. The van der Waals surface area contributed by atoms with E-state index in [1.54, 1.807) is 10.4 Å². The van der Waals surface area contributed by atoms with Crippen molar-refractivity contribution < 1.29 is 42.8 Å². The molecule has 1 fully saturated rings. The van der Waals surface area contributed by atoms with Crippen LogP contribution in [-0.4, -0.2) is 25.2 Å². The minimum atomic E-state index is -3.70. The van der Waals surface area contributed by atoms with Crippen LogP contribution < -0.4 is 35.0 Å². The molecule has 0 bridgehead atoms. The zero-order chi connectivity index (χ0) is 22.6. The Labute approximate surface area is 213 Å². The molecule has 0 radical (unpaired) electrons. The zero-order valence-corrected chi connectivity index (χ0v) is 22.2. The Balaban J connectivity index is 0.00000363. The number of rotatable bonds is 7. The zero-order valence-electron chi connectivity index (χ0n) is 19.4. The van der Waals surface area contributed by atoms with Gasteiger partial charge in [0, 0.05) is 19.0 Å². The van der Waals surface area contributed by atoms with Gasteiger partial charge in [-0.3, -0.25) is 4.79 Å². The predicted octanol–water partition coefficient (Wildman–Crippen LogP) is 1.23. The Hall–Kier alpha value is -1.22. The monoisotopic (exact) mass is 466 g/mol. The number of aryl methyl sites for hydroxylation is 3. The van der Waals surface area contributed by atoms with E-state index in [1.807, 2.05) is 57.2 Å². The van der Waals surface area contributed by atoms with Crippen molar-refractivity contribution in [2.24, 2.45) is 11.8 Å². The summed E-state index contributed by atoms with van der Waals surface area (Å²) in [5.74, 6) is -0.577. The Morgan fingerprint density at radius 3 is 2.31 bits per heavy atom. The van der Waals surface area contributed by atoms with E-state index in [0.29, 0.717) is 30.8 Å². The van der Waals surface area contributed by atoms with Gasteiger partial charge in [0.25, 0.3) is 0 Å². The molecule has 0 aromatic heterocycles. The van der Waals surface area contributed by atoms with Crippen molar-refractivity contribution in [3.63, 3.8) is 0 Å². The quantitative estimate of drug-likeness (QED) is 0.491. The first-order chi connectivity index (χ1) is 14.7. The molecule has 32 heavy (non-hydrogen) atoms. The summed E-state index contributed by atoms with van der Waals surface area (Å²) in [5, 5.41) is 10.7. The number of carbonyl (C=O) groups excluding carboxylic acids is 1. The molecule has 1 amide bonds. The smallest absolute Gasteiger partial charge is 0.759 e. The van der Waals surface area contributed by atoms with Crippen molar-refractivity contribution in [3.05, 3.63) is 69.9 Å². The van der Waals surface area contributed by atoms with Crippen LogP contribution in [0.15, 0.2) is 47.4 Å². The van der Waals surface area contributed by atoms with Crippen LogP contribution in [0.2, 0.25) is 0 Å². The van der Waals surface area contributed by atoms with Gasteiger partial charge in [0.2, 0.25) is 15.9 Å². The molecule has 0 unspecified atom stereocenters. The second kappa shape index (κ2) is 11.8. The largest absolute Gasteiger partial charge is 1.00 e. The maximum atomic E-state index is 13.7. The van der Waals surface area contributed by atoms with Gasteiger partial charge in [0.1, 0.15) is 0 Å². The Morgan fingerprint density at radius 2 is 1.69 bits per heavy atom. The maximum Gasteiger partial charge on any atom is 1.00 e. The number of benzene rings is 2. The minimum Gasteiger partial charge on any atom is -0.759 e. The average Bonchev–Trinajstić information content (AvgIpc) is 2.76. The molecule has 0 aliphatic heterocycles. The van der Waals surface area contributed by atoms with E-state index in [0.717, 1.165) is 35.1 Å². The summed E-state index contributed by atoms with van der Waals surface area (Å²) >= 11 is 0. The van der Waals surface area contributed by atoms with Gasteiger partial charge in [-0.1, -0.05) is 36.4 Å². The van der Waals surface area contributed by atoms with Crippen LogP contribution in [0.3, 0.4) is 0 Å². The van der Waals surface area contributed by atoms with Gasteiger partial charge in [-0.05, 0) is 80.7 Å². The maximum absolute atomic E-state index is 13.7. The summed E-state index contributed by atoms with van der Waals surface area (Å²) in [7, 11) is -3.70. The summed E-state index contributed by atoms with van der Waals surface area (Å²) in [6.07, 6.45) is 2.68. The van der Waals surface area contributed by atoms with E-state index in [2.05, 4.69) is 0 Å². The number of hydrogen-bond acceptors (Lipinski definition) is 4. The fourth-order valence-corrected chi connectivity index (χ4v) is 6.13. The second-order valence-corrected chi connectivity index (χ2v) is 10.6. The molecule has 0 spiro atoms. The molecule has 8 heteroatoms. The first-order valence-corrected chi connectivity index (χ1v) is 12.2. The summed E-state index contributed by atoms with van der Waals surface area (Å²) < 4.78 is 29.1. The molecule has 0 saturated heterocycles. The first-order valence-electron chi connectivity index (χ1n) is 10.8. The van der Waals surface area contributed by atoms with Crippen LogP contribution in [0.5, 0.6) is 0 Å². The molecule has 1 aliphatic rings. The predicted molar refractivity (Wildman–Crippen MR) is 122 cm³/mol. The topological polar surface area (TPSA) is 89.5 Å². The van der Waals surface area contributed by atoms with Crippen molar-refractivity contribution in [2.75, 3.05) is 6.54 Å². The van der Waals surface area contributed by atoms with E-state index in [4.69, 9.17) is 0 Å².